The first-order chi connectivity index (χ1) is 11.2. The normalized spacial score (nSPS) is 11.9. The molecule has 0 spiro atoms. The molecule has 11 heteroatoms. The lowest BCUT2D eigenvalue weighted by atomic mass is 10.2. The van der Waals surface area contributed by atoms with Gasteiger partial charge in [0.25, 0.3) is 10.0 Å². The standard InChI is InChI=1S/C13H16BrN3O4S3/c1-3-4-17(19)24(20,21)11-6-9(12(14)23-11)5-10-7-15-13(22-10)16-8(2)18/h6-7,19H,3-5H2,1-2H3,(H,15,16,18). The number of anilines is 1. The molecule has 0 fully saturated rings. The van der Waals surface area contributed by atoms with Crippen LogP contribution >= 0.6 is 38.6 Å². The number of thiophene rings is 1. The Hall–Kier alpha value is -0.850. The maximum atomic E-state index is 12.3. The highest BCUT2D eigenvalue weighted by Crippen LogP contribution is 2.35. The van der Waals surface area contributed by atoms with Crippen LogP contribution in [-0.4, -0.2) is 35.5 Å². The van der Waals surface area contributed by atoms with E-state index < -0.39 is 10.0 Å². The molecule has 7 nitrogen and oxygen atoms in total. The van der Waals surface area contributed by atoms with E-state index in [-0.39, 0.29) is 16.7 Å². The number of thiazole rings is 1. The summed E-state index contributed by atoms with van der Waals surface area (Å²) in [5, 5.41) is 12.8. The summed E-state index contributed by atoms with van der Waals surface area (Å²) >= 11 is 5.75. The minimum Gasteiger partial charge on any atom is -0.302 e. The number of rotatable bonds is 7. The van der Waals surface area contributed by atoms with Gasteiger partial charge < -0.3 is 5.32 Å². The Labute approximate surface area is 156 Å². The molecule has 0 aromatic carbocycles. The Balaban J connectivity index is 2.20. The molecule has 132 valence electrons. The molecule has 2 aromatic heterocycles. The topological polar surface area (TPSA) is 99.6 Å². The molecule has 24 heavy (non-hydrogen) atoms. The third kappa shape index (κ3) is 4.61. The predicted octanol–water partition coefficient (Wildman–Crippen LogP) is 3.31. The highest BCUT2D eigenvalue weighted by molar-refractivity contribution is 9.11. The molecule has 0 bridgehead atoms. The van der Waals surface area contributed by atoms with Gasteiger partial charge in [-0.15, -0.1) is 22.7 Å². The van der Waals surface area contributed by atoms with Crippen molar-refractivity contribution in [3.63, 3.8) is 0 Å². The zero-order valence-corrected chi connectivity index (χ0v) is 17.0. The van der Waals surface area contributed by atoms with Crippen LogP contribution in [-0.2, 0) is 21.2 Å². The molecule has 0 aliphatic heterocycles. The Bertz CT molecular complexity index is 831. The number of carbonyl (C=O) groups is 1. The van der Waals surface area contributed by atoms with Crippen molar-refractivity contribution in [3.8, 4) is 0 Å². The Morgan fingerprint density at radius 2 is 2.17 bits per heavy atom. The number of aromatic nitrogens is 1. The van der Waals surface area contributed by atoms with Gasteiger partial charge in [0.05, 0.1) is 3.79 Å². The molecule has 0 atom stereocenters. The van der Waals surface area contributed by atoms with Gasteiger partial charge in [-0.1, -0.05) is 11.4 Å². The van der Waals surface area contributed by atoms with Gasteiger partial charge in [-0.25, -0.2) is 13.4 Å². The van der Waals surface area contributed by atoms with Gasteiger partial charge in [-0.2, -0.15) is 0 Å². The molecule has 0 aliphatic carbocycles. The monoisotopic (exact) mass is 453 g/mol. The summed E-state index contributed by atoms with van der Waals surface area (Å²) in [4.78, 5) is 16.0. The summed E-state index contributed by atoms with van der Waals surface area (Å²) in [6.45, 7) is 3.23. The van der Waals surface area contributed by atoms with Crippen LogP contribution in [0.15, 0.2) is 20.3 Å². The van der Waals surface area contributed by atoms with E-state index in [0.29, 0.717) is 26.2 Å². The lowest BCUT2D eigenvalue weighted by Gasteiger charge is -2.12. The van der Waals surface area contributed by atoms with Gasteiger partial charge in [0, 0.05) is 31.0 Å². The number of hydroxylamine groups is 1. The van der Waals surface area contributed by atoms with E-state index >= 15 is 0 Å². The van der Waals surface area contributed by atoms with Crippen LogP contribution in [0.4, 0.5) is 5.13 Å². The van der Waals surface area contributed by atoms with Crippen LogP contribution in [0.3, 0.4) is 0 Å². The number of halogens is 1. The third-order valence-electron chi connectivity index (χ3n) is 2.88. The summed E-state index contributed by atoms with van der Waals surface area (Å²) in [5.74, 6) is -0.194. The third-order valence-corrected chi connectivity index (χ3v) is 7.80. The lowest BCUT2D eigenvalue weighted by molar-refractivity contribution is -0.114. The van der Waals surface area contributed by atoms with Crippen molar-refractivity contribution in [1.82, 2.24) is 9.45 Å². The van der Waals surface area contributed by atoms with Crippen LogP contribution < -0.4 is 5.32 Å². The highest BCUT2D eigenvalue weighted by Gasteiger charge is 2.25. The smallest absolute Gasteiger partial charge is 0.274 e. The SMILES string of the molecule is CCCN(O)S(=O)(=O)c1cc(Cc2cnc(NC(C)=O)s2)c(Br)s1. The molecule has 0 saturated carbocycles. The molecule has 2 rings (SSSR count). The maximum Gasteiger partial charge on any atom is 0.274 e. The van der Waals surface area contributed by atoms with E-state index in [2.05, 4.69) is 26.2 Å². The number of nitrogens with zero attached hydrogens (tertiary/aromatic N) is 2. The van der Waals surface area contributed by atoms with E-state index in [0.717, 1.165) is 21.8 Å². The summed E-state index contributed by atoms with van der Waals surface area (Å²) in [5.41, 5.74) is 0.779. The fourth-order valence-electron chi connectivity index (χ4n) is 1.83. The average Bonchev–Trinajstić information content (AvgIpc) is 3.07. The molecular weight excluding hydrogens is 438 g/mol. The first kappa shape index (κ1) is 19.5. The Morgan fingerprint density at radius 3 is 2.79 bits per heavy atom. The van der Waals surface area contributed by atoms with E-state index in [1.165, 1.54) is 18.3 Å². The number of carbonyl (C=O) groups excluding carboxylic acids is 1. The summed E-state index contributed by atoms with van der Waals surface area (Å²) in [6.07, 6.45) is 2.63. The zero-order chi connectivity index (χ0) is 17.9. The van der Waals surface area contributed by atoms with E-state index in [1.54, 1.807) is 19.2 Å². The van der Waals surface area contributed by atoms with Crippen molar-refractivity contribution in [2.45, 2.75) is 30.9 Å². The predicted molar refractivity (Wildman–Crippen MR) is 97.2 cm³/mol. The molecule has 2 aromatic rings. The second-order valence-electron chi connectivity index (χ2n) is 4.90. The van der Waals surface area contributed by atoms with Crippen molar-refractivity contribution in [3.05, 3.63) is 26.5 Å². The van der Waals surface area contributed by atoms with E-state index in [1.807, 2.05) is 0 Å². The maximum absolute atomic E-state index is 12.3. The van der Waals surface area contributed by atoms with Crippen molar-refractivity contribution >= 4 is 59.7 Å². The molecule has 0 unspecified atom stereocenters. The van der Waals surface area contributed by atoms with Crippen molar-refractivity contribution < 1.29 is 18.4 Å². The van der Waals surface area contributed by atoms with Crippen molar-refractivity contribution in [1.29, 1.82) is 0 Å². The second kappa shape index (κ2) is 8.02. The van der Waals surface area contributed by atoms with Crippen LogP contribution in [0.2, 0.25) is 0 Å². The number of sulfonamides is 1. The molecule has 0 aliphatic rings. The van der Waals surface area contributed by atoms with E-state index in [4.69, 9.17) is 0 Å². The first-order valence-electron chi connectivity index (χ1n) is 6.96. The van der Waals surface area contributed by atoms with Crippen molar-refractivity contribution in [2.24, 2.45) is 0 Å². The minimum atomic E-state index is -3.90. The number of amides is 1. The van der Waals surface area contributed by atoms with Crippen LogP contribution in [0.5, 0.6) is 0 Å². The lowest BCUT2D eigenvalue weighted by Crippen LogP contribution is -2.27. The molecular formula is C13H16BrN3O4S3. The second-order valence-corrected chi connectivity index (χ2v) is 10.5. The summed E-state index contributed by atoms with van der Waals surface area (Å²) in [7, 11) is -3.90. The fourth-order valence-corrected chi connectivity index (χ4v) is 6.30. The van der Waals surface area contributed by atoms with Crippen LogP contribution in [0.25, 0.3) is 0 Å². The molecule has 0 saturated heterocycles. The zero-order valence-electron chi connectivity index (χ0n) is 12.9. The molecule has 2 N–H and O–H groups in total. The number of hydrogen-bond acceptors (Lipinski definition) is 7. The minimum absolute atomic E-state index is 0.0438. The Kier molecular flexibility index (Phi) is 6.51. The van der Waals surface area contributed by atoms with Gasteiger partial charge in [0.15, 0.2) is 5.13 Å². The summed E-state index contributed by atoms with van der Waals surface area (Å²) < 4.78 is 25.7. The van der Waals surface area contributed by atoms with Crippen LogP contribution in [0.1, 0.15) is 30.7 Å². The average molecular weight is 454 g/mol. The van der Waals surface area contributed by atoms with Gasteiger partial charge >= 0.3 is 0 Å². The fraction of sp³-hybridized carbons (Fsp3) is 0.385. The van der Waals surface area contributed by atoms with Gasteiger partial charge in [0.1, 0.15) is 4.21 Å². The van der Waals surface area contributed by atoms with E-state index in [9.17, 15) is 18.4 Å². The molecule has 0 radical (unpaired) electrons. The first-order valence-corrected chi connectivity index (χ1v) is 10.8. The summed E-state index contributed by atoms with van der Waals surface area (Å²) in [6, 6.07) is 1.54. The Morgan fingerprint density at radius 1 is 1.46 bits per heavy atom. The molecule has 1 amide bonds. The quantitative estimate of drug-likeness (QED) is 0.626. The number of nitrogens with one attached hydrogen (secondary N) is 1. The number of hydrogen-bond donors (Lipinski definition) is 2. The highest BCUT2D eigenvalue weighted by atomic mass is 79.9. The molecule has 2 heterocycles. The van der Waals surface area contributed by atoms with Gasteiger partial charge in [-0.05, 0) is 34.0 Å². The largest absolute Gasteiger partial charge is 0.302 e. The van der Waals surface area contributed by atoms with Gasteiger partial charge in [0.2, 0.25) is 5.91 Å². The van der Waals surface area contributed by atoms with Crippen molar-refractivity contribution in [2.75, 3.05) is 11.9 Å². The van der Waals surface area contributed by atoms with Gasteiger partial charge in [-0.3, -0.25) is 10.0 Å². The van der Waals surface area contributed by atoms with Crippen LogP contribution in [0, 0.1) is 0 Å².